The number of nitrogens with two attached hydrogens (primary N) is 2. The number of nitrogens with one attached hydrogen (secondary N) is 2. The zero-order valence-corrected chi connectivity index (χ0v) is 17.6. The fourth-order valence-electron chi connectivity index (χ4n) is 3.53. The Labute approximate surface area is 193 Å². The van der Waals surface area contributed by atoms with Gasteiger partial charge in [-0.3, -0.25) is 5.32 Å². The Hall–Kier alpha value is -5.29. The van der Waals surface area contributed by atoms with Gasteiger partial charge in [-0.2, -0.15) is 10.5 Å². The monoisotopic (exact) mass is 454 g/mol. The molecule has 0 saturated heterocycles. The molecule has 3 aromatic rings. The summed E-state index contributed by atoms with van der Waals surface area (Å²) in [5.41, 5.74) is 14.4. The minimum absolute atomic E-state index is 0.0288. The number of fused-ring (bicyclic) bond motifs is 1. The minimum atomic E-state index is -1.01. The molecule has 0 radical (unpaired) electrons. The number of carboxylic acid groups (broad SMARTS) is 1. The van der Waals surface area contributed by atoms with Gasteiger partial charge in [0.25, 0.3) is 0 Å². The average molecular weight is 454 g/mol. The summed E-state index contributed by atoms with van der Waals surface area (Å²) in [6.45, 7) is 0.187. The summed E-state index contributed by atoms with van der Waals surface area (Å²) >= 11 is 0. The maximum Gasteiger partial charge on any atom is 0.335 e. The molecular weight excluding hydrogens is 436 g/mol. The van der Waals surface area contributed by atoms with Gasteiger partial charge in [-0.15, -0.1) is 0 Å². The number of aromatic carboxylic acids is 1. The lowest BCUT2D eigenvalue weighted by molar-refractivity contribution is 0.0696. The standard InChI is InChI=1S/C23H18N8O3/c24-9-16-18(26)17-19(29-23(28-11-25)31-21(17)30-20(16)27)13-4-6-15(7-5-13)34-10-12-2-1-3-14(8-12)22(32)33/h1-8,19H,10H2,(H,32,33)(H6,26,27,28,29,30,31). The molecule has 1 atom stereocenters. The van der Waals surface area contributed by atoms with Crippen LogP contribution < -0.4 is 26.8 Å². The molecule has 168 valence electrons. The first kappa shape index (κ1) is 21.9. The zero-order valence-electron chi connectivity index (χ0n) is 17.6. The SMILES string of the molecule is N#CNC1=NC(c2ccc(OCc3cccc(C(=O)O)c3)cc2)c2c(nc(N)c(C#N)c2N)N1. The van der Waals surface area contributed by atoms with Crippen molar-refractivity contribution in [3.05, 3.63) is 76.3 Å². The van der Waals surface area contributed by atoms with Gasteiger partial charge in [-0.1, -0.05) is 24.3 Å². The van der Waals surface area contributed by atoms with Crippen LogP contribution in [0, 0.1) is 22.8 Å². The van der Waals surface area contributed by atoms with Crippen LogP contribution in [0.1, 0.15) is 38.7 Å². The van der Waals surface area contributed by atoms with Crippen LogP contribution >= 0.6 is 0 Å². The largest absolute Gasteiger partial charge is 0.489 e. The van der Waals surface area contributed by atoms with Gasteiger partial charge in [0.05, 0.1) is 11.3 Å². The fourth-order valence-corrected chi connectivity index (χ4v) is 3.53. The molecule has 0 saturated carbocycles. The number of ether oxygens (including phenoxy) is 1. The van der Waals surface area contributed by atoms with E-state index in [0.717, 1.165) is 0 Å². The second kappa shape index (κ2) is 9.06. The quantitative estimate of drug-likeness (QED) is 0.282. The third kappa shape index (κ3) is 4.22. The first-order valence-corrected chi connectivity index (χ1v) is 9.95. The summed E-state index contributed by atoms with van der Waals surface area (Å²) in [4.78, 5) is 19.9. The van der Waals surface area contributed by atoms with E-state index in [2.05, 4.69) is 20.6 Å². The van der Waals surface area contributed by atoms with Gasteiger partial charge in [0, 0.05) is 5.56 Å². The van der Waals surface area contributed by atoms with Crippen LogP contribution in [0.25, 0.3) is 0 Å². The molecule has 11 heteroatoms. The number of pyridine rings is 1. The summed E-state index contributed by atoms with van der Waals surface area (Å²) < 4.78 is 5.78. The maximum atomic E-state index is 11.1. The van der Waals surface area contributed by atoms with Crippen LogP contribution in [-0.2, 0) is 6.61 Å². The number of rotatable bonds is 5. The third-order valence-corrected chi connectivity index (χ3v) is 5.13. The molecule has 0 aliphatic carbocycles. The smallest absolute Gasteiger partial charge is 0.335 e. The number of carbonyl (C=O) groups is 1. The van der Waals surface area contributed by atoms with E-state index in [4.69, 9.17) is 26.6 Å². The topological polar surface area (TPSA) is 195 Å². The highest BCUT2D eigenvalue weighted by atomic mass is 16.5. The van der Waals surface area contributed by atoms with Crippen molar-refractivity contribution in [2.45, 2.75) is 12.6 Å². The number of nitrogens with zero attached hydrogens (tertiary/aromatic N) is 4. The summed E-state index contributed by atoms with van der Waals surface area (Å²) in [7, 11) is 0. The van der Waals surface area contributed by atoms with Crippen molar-refractivity contribution in [3.8, 4) is 18.0 Å². The van der Waals surface area contributed by atoms with Crippen LogP contribution in [0.4, 0.5) is 17.3 Å². The third-order valence-electron chi connectivity index (χ3n) is 5.13. The minimum Gasteiger partial charge on any atom is -0.489 e. The second-order valence-corrected chi connectivity index (χ2v) is 7.27. The molecule has 0 amide bonds. The molecule has 0 fully saturated rings. The summed E-state index contributed by atoms with van der Waals surface area (Å²) in [6, 6.07) is 14.8. The van der Waals surface area contributed by atoms with Gasteiger partial charge >= 0.3 is 5.97 Å². The van der Waals surface area contributed by atoms with E-state index in [0.29, 0.717) is 28.3 Å². The van der Waals surface area contributed by atoms with Gasteiger partial charge in [0.2, 0.25) is 5.96 Å². The molecule has 0 spiro atoms. The average Bonchev–Trinajstić information content (AvgIpc) is 2.83. The van der Waals surface area contributed by atoms with Crippen molar-refractivity contribution >= 4 is 29.3 Å². The fraction of sp³-hybridized carbons (Fsp3) is 0.0870. The molecule has 1 unspecified atom stereocenters. The van der Waals surface area contributed by atoms with E-state index in [-0.39, 0.29) is 35.2 Å². The molecule has 2 heterocycles. The number of anilines is 3. The number of aromatic nitrogens is 1. The first-order valence-electron chi connectivity index (χ1n) is 9.95. The Morgan fingerprint density at radius 2 is 1.97 bits per heavy atom. The van der Waals surface area contributed by atoms with Crippen LogP contribution in [0.2, 0.25) is 0 Å². The number of guanidine groups is 1. The van der Waals surface area contributed by atoms with Gasteiger partial charge in [-0.25, -0.2) is 14.8 Å². The molecule has 7 N–H and O–H groups in total. The number of hydrogen-bond acceptors (Lipinski definition) is 10. The number of benzene rings is 2. The Morgan fingerprint density at radius 3 is 2.65 bits per heavy atom. The summed E-state index contributed by atoms with van der Waals surface area (Å²) in [5, 5.41) is 32.9. The highest BCUT2D eigenvalue weighted by molar-refractivity contribution is 5.98. The lowest BCUT2D eigenvalue weighted by Gasteiger charge is -2.26. The van der Waals surface area contributed by atoms with Crippen LogP contribution in [0.5, 0.6) is 5.75 Å². The van der Waals surface area contributed by atoms with E-state index in [9.17, 15) is 10.1 Å². The molecule has 2 aromatic carbocycles. The molecular formula is C23H18N8O3. The highest BCUT2D eigenvalue weighted by Crippen LogP contribution is 2.40. The van der Waals surface area contributed by atoms with Crippen LogP contribution in [-0.4, -0.2) is 22.0 Å². The second-order valence-electron chi connectivity index (χ2n) is 7.27. The van der Waals surface area contributed by atoms with Crippen molar-refractivity contribution in [2.24, 2.45) is 4.99 Å². The molecule has 11 nitrogen and oxygen atoms in total. The Morgan fingerprint density at radius 1 is 1.21 bits per heavy atom. The van der Waals surface area contributed by atoms with E-state index >= 15 is 0 Å². The van der Waals surface area contributed by atoms with Crippen molar-refractivity contribution in [3.63, 3.8) is 0 Å². The van der Waals surface area contributed by atoms with E-state index < -0.39 is 12.0 Å². The van der Waals surface area contributed by atoms with Crippen molar-refractivity contribution in [1.29, 1.82) is 10.5 Å². The van der Waals surface area contributed by atoms with Gasteiger partial charge in [0.15, 0.2) is 6.19 Å². The van der Waals surface area contributed by atoms with Gasteiger partial charge in [0.1, 0.15) is 41.7 Å². The molecule has 1 aliphatic rings. The maximum absolute atomic E-state index is 11.1. The zero-order chi connectivity index (χ0) is 24.2. The first-order chi connectivity index (χ1) is 16.4. The number of carboxylic acids is 1. The Balaban J connectivity index is 1.62. The Bertz CT molecular complexity index is 1390. The lowest BCUT2D eigenvalue weighted by atomic mass is 9.95. The number of aliphatic imine (C=N–C) groups is 1. The number of nitriles is 2. The molecule has 1 aliphatic heterocycles. The predicted octanol–water partition coefficient (Wildman–Crippen LogP) is 2.34. The molecule has 34 heavy (non-hydrogen) atoms. The summed E-state index contributed by atoms with van der Waals surface area (Å²) in [5.74, 6) is -0.0209. The van der Waals surface area contributed by atoms with Crippen LogP contribution in [0.3, 0.4) is 0 Å². The lowest BCUT2D eigenvalue weighted by Crippen LogP contribution is -2.32. The molecule has 1 aromatic heterocycles. The number of nitrogen functional groups attached to an aromatic ring is 2. The van der Waals surface area contributed by atoms with Crippen LogP contribution in [0.15, 0.2) is 53.5 Å². The Kier molecular flexibility index (Phi) is 5.84. The molecule has 0 bridgehead atoms. The van der Waals surface area contributed by atoms with E-state index in [1.807, 2.05) is 6.07 Å². The highest BCUT2D eigenvalue weighted by Gasteiger charge is 2.29. The van der Waals surface area contributed by atoms with Gasteiger partial charge in [-0.05, 0) is 35.4 Å². The summed E-state index contributed by atoms with van der Waals surface area (Å²) in [6.07, 6.45) is 1.80. The van der Waals surface area contributed by atoms with Gasteiger partial charge < -0.3 is 26.6 Å². The predicted molar refractivity (Wildman–Crippen MR) is 124 cm³/mol. The van der Waals surface area contributed by atoms with E-state index in [1.54, 1.807) is 48.7 Å². The van der Waals surface area contributed by atoms with E-state index in [1.165, 1.54) is 6.07 Å². The normalized spacial score (nSPS) is 13.9. The number of hydrogen-bond donors (Lipinski definition) is 5. The van der Waals surface area contributed by atoms with Crippen molar-refractivity contribution < 1.29 is 14.6 Å². The van der Waals surface area contributed by atoms with Crippen molar-refractivity contribution in [1.82, 2.24) is 10.3 Å². The van der Waals surface area contributed by atoms with Crippen molar-refractivity contribution in [2.75, 3.05) is 16.8 Å². The molecule has 4 rings (SSSR count).